The highest BCUT2D eigenvalue weighted by atomic mass is 16.7. The Balaban J connectivity index is 1.55. The molecule has 1 heterocycles. The monoisotopic (exact) mass is 416 g/mol. The van der Waals surface area contributed by atoms with Crippen LogP contribution < -0.4 is 0 Å². The number of fused-ring (bicyclic) bond motifs is 7. The van der Waals surface area contributed by atoms with Gasteiger partial charge >= 0.3 is 5.97 Å². The zero-order chi connectivity index (χ0) is 21.5. The quantitative estimate of drug-likeness (QED) is 0.734. The Morgan fingerprint density at radius 1 is 1.33 bits per heavy atom. The first-order valence-corrected chi connectivity index (χ1v) is 11.4. The molecule has 6 heteroatoms. The van der Waals surface area contributed by atoms with Crippen LogP contribution in [0, 0.1) is 28.6 Å². The lowest BCUT2D eigenvalue weighted by atomic mass is 9.46. The molecule has 5 rings (SSSR count). The van der Waals surface area contributed by atoms with E-state index in [0.717, 1.165) is 24.8 Å². The lowest BCUT2D eigenvalue weighted by Gasteiger charge is -2.59. The molecule has 5 aliphatic rings. The van der Waals surface area contributed by atoms with Crippen molar-refractivity contribution in [2.24, 2.45) is 28.6 Å². The third kappa shape index (κ3) is 2.36. The van der Waals surface area contributed by atoms with Gasteiger partial charge in [-0.25, -0.2) is 4.79 Å². The lowest BCUT2D eigenvalue weighted by Crippen LogP contribution is -2.63. The van der Waals surface area contributed by atoms with Crippen molar-refractivity contribution in [3.05, 3.63) is 23.8 Å². The molecule has 9 atom stereocenters. The number of aliphatic carboxylic acids is 1. The number of carbonyl (C=O) groups is 2. The first-order chi connectivity index (χ1) is 14.2. The van der Waals surface area contributed by atoms with Gasteiger partial charge in [0.2, 0.25) is 0 Å². The van der Waals surface area contributed by atoms with E-state index in [1.165, 1.54) is 0 Å². The van der Waals surface area contributed by atoms with E-state index >= 15 is 0 Å². The van der Waals surface area contributed by atoms with Crippen molar-refractivity contribution in [3.63, 3.8) is 0 Å². The van der Waals surface area contributed by atoms with Gasteiger partial charge in [-0.3, -0.25) is 4.79 Å². The SMILES string of the molecule is CCC[C@@H]1O[C@@H]2C[C@@H]3[C@@H]4CCC5=CC(=O)C=C[C@]5(C)[C@@H]4[C@H](O)C[C@]3(C)[C@]2(C(=O)O)O1. The molecule has 2 N–H and O–H groups in total. The van der Waals surface area contributed by atoms with Crippen LogP contribution in [0.2, 0.25) is 0 Å². The van der Waals surface area contributed by atoms with Crippen LogP contribution in [0.4, 0.5) is 0 Å². The summed E-state index contributed by atoms with van der Waals surface area (Å²) in [6.07, 6.45) is 7.90. The Hall–Kier alpha value is -1.50. The summed E-state index contributed by atoms with van der Waals surface area (Å²) in [6, 6.07) is 0. The van der Waals surface area contributed by atoms with Crippen molar-refractivity contribution in [2.75, 3.05) is 0 Å². The molecule has 0 spiro atoms. The maximum absolute atomic E-state index is 12.7. The lowest BCUT2D eigenvalue weighted by molar-refractivity contribution is -0.210. The standard InChI is InChI=1S/C24H32O6/c1-4-5-19-29-18-11-16-15-7-6-13-10-14(25)8-9-22(13,2)20(15)17(26)12-23(16,3)24(18,30-19)21(27)28/h8-10,15-20,26H,4-7,11-12H2,1-3H3,(H,27,28)/t15-,16+,17+,18+,19+,20-,22-,23-,24-/m0/s1. The number of ether oxygens (including phenoxy) is 2. The molecule has 0 unspecified atom stereocenters. The fourth-order valence-corrected chi connectivity index (χ4v) is 7.87. The Kier molecular flexibility index (Phi) is 4.42. The van der Waals surface area contributed by atoms with E-state index < -0.39 is 35.5 Å². The first-order valence-electron chi connectivity index (χ1n) is 11.4. The molecule has 0 aromatic carbocycles. The van der Waals surface area contributed by atoms with Crippen molar-refractivity contribution < 1.29 is 29.3 Å². The van der Waals surface area contributed by atoms with Gasteiger partial charge in [-0.2, -0.15) is 0 Å². The topological polar surface area (TPSA) is 93.1 Å². The molecule has 4 fully saturated rings. The summed E-state index contributed by atoms with van der Waals surface area (Å²) in [5.41, 5.74) is -1.37. The van der Waals surface area contributed by atoms with E-state index in [0.29, 0.717) is 19.3 Å². The maximum Gasteiger partial charge on any atom is 0.339 e. The number of aliphatic hydroxyl groups excluding tert-OH is 1. The highest BCUT2D eigenvalue weighted by Gasteiger charge is 2.76. The van der Waals surface area contributed by atoms with Crippen molar-refractivity contribution in [2.45, 2.75) is 83.4 Å². The van der Waals surface area contributed by atoms with Gasteiger partial charge in [0.15, 0.2) is 17.7 Å². The predicted molar refractivity (Wildman–Crippen MR) is 108 cm³/mol. The molecular weight excluding hydrogens is 384 g/mol. The fourth-order valence-electron chi connectivity index (χ4n) is 7.87. The summed E-state index contributed by atoms with van der Waals surface area (Å²) in [7, 11) is 0. The minimum atomic E-state index is -1.40. The van der Waals surface area contributed by atoms with Crippen molar-refractivity contribution in [1.82, 2.24) is 0 Å². The number of carboxylic acids is 1. The summed E-state index contributed by atoms with van der Waals surface area (Å²) < 4.78 is 12.4. The largest absolute Gasteiger partial charge is 0.479 e. The van der Waals surface area contributed by atoms with E-state index in [-0.39, 0.29) is 29.0 Å². The van der Waals surface area contributed by atoms with E-state index in [9.17, 15) is 19.8 Å². The van der Waals surface area contributed by atoms with Crippen LogP contribution in [0.15, 0.2) is 23.8 Å². The molecule has 0 aromatic rings. The molecule has 1 aliphatic heterocycles. The molecule has 3 saturated carbocycles. The van der Waals surface area contributed by atoms with E-state index in [4.69, 9.17) is 9.47 Å². The van der Waals surface area contributed by atoms with Crippen molar-refractivity contribution in [3.8, 4) is 0 Å². The van der Waals surface area contributed by atoms with Crippen LogP contribution in [0.5, 0.6) is 0 Å². The second-order valence-corrected chi connectivity index (χ2v) is 10.4. The van der Waals surface area contributed by atoms with E-state index in [2.05, 4.69) is 6.92 Å². The van der Waals surface area contributed by atoms with Crippen LogP contribution in [0.25, 0.3) is 0 Å². The second kappa shape index (κ2) is 6.50. The van der Waals surface area contributed by atoms with Crippen LogP contribution in [-0.2, 0) is 19.1 Å². The minimum Gasteiger partial charge on any atom is -0.479 e. The molecule has 1 saturated heterocycles. The molecule has 0 bridgehead atoms. The molecule has 4 aliphatic carbocycles. The van der Waals surface area contributed by atoms with Crippen molar-refractivity contribution in [1.29, 1.82) is 0 Å². The number of hydrogen-bond acceptors (Lipinski definition) is 5. The molecule has 6 nitrogen and oxygen atoms in total. The van der Waals surface area contributed by atoms with Crippen molar-refractivity contribution >= 4 is 11.8 Å². The summed E-state index contributed by atoms with van der Waals surface area (Å²) in [5.74, 6) is -0.722. The maximum atomic E-state index is 12.7. The van der Waals surface area contributed by atoms with Gasteiger partial charge < -0.3 is 19.7 Å². The highest BCUT2D eigenvalue weighted by Crippen LogP contribution is 2.69. The Labute approximate surface area is 177 Å². The van der Waals surface area contributed by atoms with Gasteiger partial charge in [0.1, 0.15) is 6.10 Å². The van der Waals surface area contributed by atoms with E-state index in [1.807, 2.05) is 19.9 Å². The van der Waals surface area contributed by atoms with E-state index in [1.54, 1.807) is 12.2 Å². The summed E-state index contributed by atoms with van der Waals surface area (Å²) >= 11 is 0. The highest BCUT2D eigenvalue weighted by molar-refractivity contribution is 6.01. The number of allylic oxidation sites excluding steroid dienone is 4. The molecule has 0 radical (unpaired) electrons. The average Bonchev–Trinajstić information content (AvgIpc) is 3.15. The number of ketones is 1. The molecular formula is C24H32O6. The van der Waals surface area contributed by atoms with Crippen LogP contribution >= 0.6 is 0 Å². The predicted octanol–water partition coefficient (Wildman–Crippen LogP) is 3.24. The van der Waals surface area contributed by atoms with Crippen LogP contribution in [0.1, 0.15) is 59.3 Å². The average molecular weight is 417 g/mol. The zero-order valence-corrected chi connectivity index (χ0v) is 18.0. The fraction of sp³-hybridized carbons (Fsp3) is 0.750. The second-order valence-electron chi connectivity index (χ2n) is 10.4. The van der Waals surface area contributed by atoms with Gasteiger partial charge in [0.25, 0.3) is 0 Å². The van der Waals surface area contributed by atoms with Gasteiger partial charge in [0, 0.05) is 16.7 Å². The van der Waals surface area contributed by atoms with Crippen LogP contribution in [-0.4, -0.2) is 46.1 Å². The number of hydrogen-bond donors (Lipinski definition) is 2. The summed E-state index contributed by atoms with van der Waals surface area (Å²) in [4.78, 5) is 24.6. The summed E-state index contributed by atoms with van der Waals surface area (Å²) in [6.45, 7) is 6.15. The Bertz CT molecular complexity index is 847. The Morgan fingerprint density at radius 3 is 2.80 bits per heavy atom. The number of aliphatic hydroxyl groups is 1. The number of carboxylic acid groups (broad SMARTS) is 1. The molecule has 164 valence electrons. The molecule has 0 aromatic heterocycles. The molecule has 30 heavy (non-hydrogen) atoms. The van der Waals surface area contributed by atoms with Gasteiger partial charge in [0.05, 0.1) is 6.10 Å². The van der Waals surface area contributed by atoms with Crippen LogP contribution in [0.3, 0.4) is 0 Å². The zero-order valence-electron chi connectivity index (χ0n) is 18.0. The third-order valence-corrected chi connectivity index (χ3v) is 9.13. The van der Waals surface area contributed by atoms with Gasteiger partial charge in [-0.05, 0) is 56.1 Å². The summed E-state index contributed by atoms with van der Waals surface area (Å²) in [5, 5.41) is 21.8. The smallest absolute Gasteiger partial charge is 0.339 e. The normalized spacial score (nSPS) is 51.6. The first kappa shape index (κ1) is 20.4. The number of carbonyl (C=O) groups excluding carboxylic acids is 1. The third-order valence-electron chi connectivity index (χ3n) is 9.13. The Morgan fingerprint density at radius 2 is 2.10 bits per heavy atom. The minimum absolute atomic E-state index is 0.0139. The number of rotatable bonds is 3. The van der Waals surface area contributed by atoms with Gasteiger partial charge in [-0.1, -0.05) is 38.8 Å². The van der Waals surface area contributed by atoms with Gasteiger partial charge in [-0.15, -0.1) is 0 Å². The molecule has 0 amide bonds.